The fourth-order valence-electron chi connectivity index (χ4n) is 1.12. The van der Waals surface area contributed by atoms with E-state index in [0.29, 0.717) is 11.5 Å². The van der Waals surface area contributed by atoms with Gasteiger partial charge in [-0.25, -0.2) is 4.98 Å². The van der Waals surface area contributed by atoms with E-state index in [1.807, 2.05) is 0 Å². The highest BCUT2D eigenvalue weighted by Gasteiger charge is 1.99. The Morgan fingerprint density at radius 3 is 2.92 bits per heavy atom. The number of aromatic nitrogens is 2. The first-order valence-corrected chi connectivity index (χ1v) is 3.53. The van der Waals surface area contributed by atoms with E-state index < -0.39 is 0 Å². The molecule has 0 saturated heterocycles. The van der Waals surface area contributed by atoms with E-state index in [0.717, 1.165) is 10.9 Å². The molecular formula is C8H8N4. The van der Waals surface area contributed by atoms with Gasteiger partial charge >= 0.3 is 0 Å². The molecule has 4 heteroatoms. The normalized spacial score (nSPS) is 10.3. The van der Waals surface area contributed by atoms with Crippen LogP contribution in [0.25, 0.3) is 10.9 Å². The summed E-state index contributed by atoms with van der Waals surface area (Å²) >= 11 is 0. The Morgan fingerprint density at radius 1 is 1.25 bits per heavy atom. The van der Waals surface area contributed by atoms with Crippen LogP contribution >= 0.6 is 0 Å². The predicted molar refractivity (Wildman–Crippen MR) is 48.4 cm³/mol. The Hall–Kier alpha value is -1.84. The maximum atomic E-state index is 5.70. The van der Waals surface area contributed by atoms with Crippen LogP contribution in [0.5, 0.6) is 0 Å². The van der Waals surface area contributed by atoms with Gasteiger partial charge < -0.3 is 11.5 Å². The Balaban J connectivity index is 2.89. The molecule has 0 unspecified atom stereocenters. The van der Waals surface area contributed by atoms with Gasteiger partial charge in [0, 0.05) is 29.5 Å². The molecule has 2 aromatic rings. The van der Waals surface area contributed by atoms with E-state index in [2.05, 4.69) is 9.97 Å². The first-order chi connectivity index (χ1) is 5.77. The summed E-state index contributed by atoms with van der Waals surface area (Å²) in [5, 5.41) is 0.840. The number of nitrogens with zero attached hydrogens (tertiary/aromatic N) is 2. The third-order valence-corrected chi connectivity index (χ3v) is 1.66. The van der Waals surface area contributed by atoms with Crippen LogP contribution in [0.4, 0.5) is 11.5 Å². The quantitative estimate of drug-likeness (QED) is 0.597. The van der Waals surface area contributed by atoms with E-state index in [4.69, 9.17) is 11.5 Å². The number of hydrogen-bond acceptors (Lipinski definition) is 4. The number of fused-ring (bicyclic) bond motifs is 1. The molecule has 4 nitrogen and oxygen atoms in total. The summed E-state index contributed by atoms with van der Waals surface area (Å²) in [6.07, 6.45) is 3.34. The molecule has 0 saturated carbocycles. The average Bonchev–Trinajstić information content (AvgIpc) is 2.04. The van der Waals surface area contributed by atoms with E-state index in [-0.39, 0.29) is 0 Å². The van der Waals surface area contributed by atoms with Crippen molar-refractivity contribution in [1.82, 2.24) is 9.97 Å². The standard InChI is InChI=1S/C8H8N4/c9-6-3-8(10)12-7-1-2-11-4-5(6)7/h1-4H,(H4,9,10,12). The third kappa shape index (κ3) is 0.934. The minimum absolute atomic E-state index is 0.436. The largest absolute Gasteiger partial charge is 0.398 e. The molecule has 0 bridgehead atoms. The molecule has 0 spiro atoms. The average molecular weight is 160 g/mol. The number of rotatable bonds is 0. The third-order valence-electron chi connectivity index (χ3n) is 1.66. The molecule has 0 radical (unpaired) electrons. The molecule has 2 heterocycles. The second kappa shape index (κ2) is 2.34. The first-order valence-electron chi connectivity index (χ1n) is 3.53. The lowest BCUT2D eigenvalue weighted by atomic mass is 10.2. The highest BCUT2D eigenvalue weighted by atomic mass is 14.8. The first kappa shape index (κ1) is 6.84. The van der Waals surface area contributed by atoms with Gasteiger partial charge in [-0.2, -0.15) is 0 Å². The summed E-state index contributed by atoms with van der Waals surface area (Å²) in [4.78, 5) is 8.04. The second-order valence-electron chi connectivity index (χ2n) is 2.53. The Bertz CT molecular complexity index is 424. The van der Waals surface area contributed by atoms with Crippen molar-refractivity contribution < 1.29 is 0 Å². The van der Waals surface area contributed by atoms with Crippen LogP contribution in [0.2, 0.25) is 0 Å². The highest BCUT2D eigenvalue weighted by Crippen LogP contribution is 2.19. The molecule has 0 atom stereocenters. The van der Waals surface area contributed by atoms with E-state index in [1.54, 1.807) is 24.5 Å². The van der Waals surface area contributed by atoms with Gasteiger partial charge in [0.15, 0.2) is 0 Å². The molecule has 4 N–H and O–H groups in total. The van der Waals surface area contributed by atoms with Crippen LogP contribution in [0.3, 0.4) is 0 Å². The van der Waals surface area contributed by atoms with Crippen LogP contribution < -0.4 is 11.5 Å². The maximum Gasteiger partial charge on any atom is 0.126 e. The summed E-state index contributed by atoms with van der Waals surface area (Å²) in [5.74, 6) is 0.436. The van der Waals surface area contributed by atoms with Gasteiger partial charge in [0.1, 0.15) is 5.82 Å². The number of nitrogen functional groups attached to an aromatic ring is 2. The summed E-state index contributed by atoms with van der Waals surface area (Å²) in [5.41, 5.74) is 12.6. The zero-order chi connectivity index (χ0) is 8.55. The summed E-state index contributed by atoms with van der Waals surface area (Å²) in [6.45, 7) is 0. The molecule has 0 aromatic carbocycles. The number of pyridine rings is 2. The highest BCUT2D eigenvalue weighted by molar-refractivity contribution is 5.90. The van der Waals surface area contributed by atoms with Crippen LogP contribution in [-0.4, -0.2) is 9.97 Å². The molecule has 0 amide bonds. The molecule has 2 aromatic heterocycles. The van der Waals surface area contributed by atoms with E-state index >= 15 is 0 Å². The molecule has 60 valence electrons. The van der Waals surface area contributed by atoms with Crippen molar-refractivity contribution in [1.29, 1.82) is 0 Å². The van der Waals surface area contributed by atoms with Gasteiger partial charge in [-0.1, -0.05) is 0 Å². The van der Waals surface area contributed by atoms with Crippen molar-refractivity contribution in [3.63, 3.8) is 0 Å². The van der Waals surface area contributed by atoms with Gasteiger partial charge in [0.25, 0.3) is 0 Å². The van der Waals surface area contributed by atoms with Gasteiger partial charge in [-0.05, 0) is 6.07 Å². The van der Waals surface area contributed by atoms with Crippen LogP contribution in [0.1, 0.15) is 0 Å². The second-order valence-corrected chi connectivity index (χ2v) is 2.53. The fraction of sp³-hybridized carbons (Fsp3) is 0. The lowest BCUT2D eigenvalue weighted by molar-refractivity contribution is 1.33. The van der Waals surface area contributed by atoms with Crippen molar-refractivity contribution >= 4 is 22.4 Å². The molecule has 0 aliphatic heterocycles. The minimum atomic E-state index is 0.436. The molecule has 12 heavy (non-hydrogen) atoms. The zero-order valence-corrected chi connectivity index (χ0v) is 6.36. The fourth-order valence-corrected chi connectivity index (χ4v) is 1.12. The van der Waals surface area contributed by atoms with E-state index in [1.165, 1.54) is 0 Å². The lowest BCUT2D eigenvalue weighted by Gasteiger charge is -2.00. The van der Waals surface area contributed by atoms with Gasteiger partial charge in [0.2, 0.25) is 0 Å². The molecular weight excluding hydrogens is 152 g/mol. The van der Waals surface area contributed by atoms with Crippen LogP contribution in [0.15, 0.2) is 24.5 Å². The lowest BCUT2D eigenvalue weighted by Crippen LogP contribution is -1.95. The number of anilines is 2. The van der Waals surface area contributed by atoms with Crippen LogP contribution in [0, 0.1) is 0 Å². The molecule has 0 aliphatic rings. The topological polar surface area (TPSA) is 77.8 Å². The minimum Gasteiger partial charge on any atom is -0.398 e. The van der Waals surface area contributed by atoms with Gasteiger partial charge in [0.05, 0.1) is 5.52 Å². The summed E-state index contributed by atoms with van der Waals surface area (Å²) in [6, 6.07) is 3.41. The summed E-state index contributed by atoms with van der Waals surface area (Å²) < 4.78 is 0. The van der Waals surface area contributed by atoms with Crippen molar-refractivity contribution in [3.05, 3.63) is 24.5 Å². The Kier molecular flexibility index (Phi) is 1.33. The molecule has 2 rings (SSSR count). The maximum absolute atomic E-state index is 5.70. The zero-order valence-electron chi connectivity index (χ0n) is 6.36. The summed E-state index contributed by atoms with van der Waals surface area (Å²) in [7, 11) is 0. The van der Waals surface area contributed by atoms with Crippen LogP contribution in [-0.2, 0) is 0 Å². The Morgan fingerprint density at radius 2 is 2.08 bits per heavy atom. The molecule has 0 aliphatic carbocycles. The van der Waals surface area contributed by atoms with Crippen molar-refractivity contribution in [2.75, 3.05) is 11.5 Å². The molecule has 0 fully saturated rings. The predicted octanol–water partition coefficient (Wildman–Crippen LogP) is 0.794. The monoisotopic (exact) mass is 160 g/mol. The number of hydrogen-bond donors (Lipinski definition) is 2. The smallest absolute Gasteiger partial charge is 0.126 e. The number of nitrogens with two attached hydrogens (primary N) is 2. The van der Waals surface area contributed by atoms with Gasteiger partial charge in [-0.3, -0.25) is 4.98 Å². The van der Waals surface area contributed by atoms with Crippen molar-refractivity contribution in [2.45, 2.75) is 0 Å². The van der Waals surface area contributed by atoms with Gasteiger partial charge in [-0.15, -0.1) is 0 Å². The Labute approximate surface area is 69.2 Å². The van der Waals surface area contributed by atoms with Crippen molar-refractivity contribution in [3.8, 4) is 0 Å². The van der Waals surface area contributed by atoms with Crippen molar-refractivity contribution in [2.24, 2.45) is 0 Å². The SMILES string of the molecule is Nc1cc(N)c2cnccc2n1. The van der Waals surface area contributed by atoms with E-state index in [9.17, 15) is 0 Å².